The van der Waals surface area contributed by atoms with Crippen molar-refractivity contribution in [3.8, 4) is 0 Å². The van der Waals surface area contributed by atoms with E-state index in [-0.39, 0.29) is 6.42 Å². The molecular weight excluding hydrogens is 238 g/mol. The van der Waals surface area contributed by atoms with Crippen molar-refractivity contribution in [2.75, 3.05) is 0 Å². The monoisotopic (exact) mass is 247 g/mol. The van der Waals surface area contributed by atoms with Crippen LogP contribution in [0.4, 0.5) is 0 Å². The molecule has 0 spiro atoms. The van der Waals surface area contributed by atoms with Crippen LogP contribution in [-0.4, -0.2) is 26.4 Å². The van der Waals surface area contributed by atoms with Gasteiger partial charge in [-0.2, -0.15) is 0 Å². The van der Waals surface area contributed by atoms with Gasteiger partial charge in [0, 0.05) is 13.5 Å². The lowest BCUT2D eigenvalue weighted by atomic mass is 10.00. The van der Waals surface area contributed by atoms with E-state index in [0.717, 1.165) is 0 Å². The smallest absolute Gasteiger partial charge is 0.154 e. The molecule has 13 heavy (non-hydrogen) atoms. The first-order chi connectivity index (χ1) is 5.99. The van der Waals surface area contributed by atoms with Crippen LogP contribution in [0.3, 0.4) is 0 Å². The molecule has 1 aromatic heterocycles. The maximum Gasteiger partial charge on any atom is 0.154 e. The Hall–Kier alpha value is -0.750. The highest BCUT2D eigenvalue weighted by atomic mass is 79.9. The number of carbonyl (C=O) groups is 1. The van der Waals surface area contributed by atoms with Crippen LogP contribution in [0, 0.1) is 0 Å². The van der Waals surface area contributed by atoms with Crippen LogP contribution in [0.15, 0.2) is 4.60 Å². The first-order valence-corrected chi connectivity index (χ1v) is 4.50. The Bertz CT molecular complexity index is 302. The number of aliphatic hydroxyl groups is 1. The van der Waals surface area contributed by atoms with E-state index in [2.05, 4.69) is 26.2 Å². The summed E-state index contributed by atoms with van der Waals surface area (Å²) in [6.07, 6.45) is 0.687. The summed E-state index contributed by atoms with van der Waals surface area (Å²) in [6.45, 7) is 1.55. The maximum absolute atomic E-state index is 10.3. The molecule has 0 radical (unpaired) electrons. The van der Waals surface area contributed by atoms with Crippen molar-refractivity contribution in [2.24, 2.45) is 7.05 Å². The molecule has 1 heterocycles. The first-order valence-electron chi connectivity index (χ1n) is 3.70. The molecule has 0 aliphatic rings. The minimum absolute atomic E-state index is 0.0206. The molecule has 1 N–H and O–H groups in total. The predicted octanol–water partition coefficient (Wildman–Crippen LogP) is 0.374. The Balaban J connectivity index is 3.11. The number of hydrogen-bond acceptors (Lipinski definition) is 4. The molecule has 0 fully saturated rings. The van der Waals surface area contributed by atoms with E-state index < -0.39 is 5.60 Å². The number of aldehydes is 1. The van der Waals surface area contributed by atoms with Crippen molar-refractivity contribution in [3.63, 3.8) is 0 Å². The van der Waals surface area contributed by atoms with Gasteiger partial charge in [0.15, 0.2) is 4.60 Å². The summed E-state index contributed by atoms with van der Waals surface area (Å²) in [5.74, 6) is 0. The van der Waals surface area contributed by atoms with Crippen molar-refractivity contribution in [1.29, 1.82) is 0 Å². The largest absolute Gasteiger partial charge is 0.383 e. The lowest BCUT2D eigenvalue weighted by molar-refractivity contribution is -0.112. The average molecular weight is 248 g/mol. The van der Waals surface area contributed by atoms with Crippen molar-refractivity contribution in [3.05, 3.63) is 10.3 Å². The van der Waals surface area contributed by atoms with Gasteiger partial charge in [-0.25, -0.2) is 4.68 Å². The molecule has 0 aliphatic carbocycles. The third kappa shape index (κ3) is 1.94. The number of rotatable bonds is 3. The molecule has 6 heteroatoms. The van der Waals surface area contributed by atoms with E-state index >= 15 is 0 Å². The Morgan fingerprint density at radius 2 is 2.38 bits per heavy atom. The lowest BCUT2D eigenvalue weighted by Gasteiger charge is -2.20. The summed E-state index contributed by atoms with van der Waals surface area (Å²) in [4.78, 5) is 10.3. The topological polar surface area (TPSA) is 68.0 Å². The average Bonchev–Trinajstić information content (AvgIpc) is 2.31. The highest BCUT2D eigenvalue weighted by Gasteiger charge is 2.29. The second kappa shape index (κ2) is 3.55. The number of aryl methyl sites for hydroxylation is 1. The van der Waals surface area contributed by atoms with Gasteiger partial charge < -0.3 is 9.90 Å². The third-order valence-corrected chi connectivity index (χ3v) is 2.31. The fraction of sp³-hybridized carbons (Fsp3) is 0.571. The summed E-state index contributed by atoms with van der Waals surface area (Å²) in [5, 5.41) is 17.3. The van der Waals surface area contributed by atoms with E-state index in [1.54, 1.807) is 14.0 Å². The van der Waals surface area contributed by atoms with Crippen molar-refractivity contribution in [1.82, 2.24) is 15.0 Å². The first kappa shape index (κ1) is 10.3. The van der Waals surface area contributed by atoms with Crippen LogP contribution in [0.1, 0.15) is 19.0 Å². The lowest BCUT2D eigenvalue weighted by Crippen LogP contribution is -2.25. The zero-order valence-electron chi connectivity index (χ0n) is 7.36. The van der Waals surface area contributed by atoms with E-state index in [1.807, 2.05) is 0 Å². The highest BCUT2D eigenvalue weighted by molar-refractivity contribution is 9.10. The summed E-state index contributed by atoms with van der Waals surface area (Å²) in [5.41, 5.74) is -0.724. The minimum atomic E-state index is -1.22. The van der Waals surface area contributed by atoms with Crippen LogP contribution < -0.4 is 0 Å². The third-order valence-electron chi connectivity index (χ3n) is 1.78. The second-order valence-electron chi connectivity index (χ2n) is 3.00. The Labute approximate surface area is 83.9 Å². The number of carbonyl (C=O) groups excluding carboxylic acids is 1. The molecule has 0 aliphatic heterocycles. The molecule has 5 nitrogen and oxygen atoms in total. The predicted molar refractivity (Wildman–Crippen MR) is 49.0 cm³/mol. The van der Waals surface area contributed by atoms with Crippen LogP contribution in [0.5, 0.6) is 0 Å². The van der Waals surface area contributed by atoms with E-state index in [4.69, 9.17) is 0 Å². The summed E-state index contributed by atoms with van der Waals surface area (Å²) >= 11 is 3.15. The Morgan fingerprint density at radius 3 is 2.77 bits per heavy atom. The molecule has 1 unspecified atom stereocenters. The molecular formula is C7H10BrN3O2. The summed E-state index contributed by atoms with van der Waals surface area (Å²) < 4.78 is 1.90. The Morgan fingerprint density at radius 1 is 1.77 bits per heavy atom. The maximum atomic E-state index is 10.3. The molecule has 1 atom stereocenters. The standard InChI is InChI=1S/C7H10BrN3O2/c1-7(13,3-4-12)5-6(8)9-10-11(5)2/h4,13H,3H2,1-2H3. The van der Waals surface area contributed by atoms with Crippen LogP contribution >= 0.6 is 15.9 Å². The minimum Gasteiger partial charge on any atom is -0.383 e. The number of nitrogens with zero attached hydrogens (tertiary/aromatic N) is 3. The quantitative estimate of drug-likeness (QED) is 0.785. The molecule has 0 bridgehead atoms. The van der Waals surface area contributed by atoms with Gasteiger partial charge >= 0.3 is 0 Å². The van der Waals surface area contributed by atoms with E-state index in [0.29, 0.717) is 16.6 Å². The Kier molecular flexibility index (Phi) is 2.82. The van der Waals surface area contributed by atoms with Crippen LogP contribution in [0.2, 0.25) is 0 Å². The van der Waals surface area contributed by atoms with Crippen molar-refractivity contribution in [2.45, 2.75) is 18.9 Å². The number of aromatic nitrogens is 3. The molecule has 72 valence electrons. The van der Waals surface area contributed by atoms with Crippen molar-refractivity contribution < 1.29 is 9.90 Å². The molecule has 0 aromatic carbocycles. The number of halogens is 1. The molecule has 1 aromatic rings. The van der Waals surface area contributed by atoms with Crippen LogP contribution in [0.25, 0.3) is 0 Å². The van der Waals surface area contributed by atoms with Gasteiger partial charge in [-0.1, -0.05) is 5.21 Å². The SMILES string of the molecule is Cn1nnc(Br)c1C(C)(O)CC=O. The van der Waals surface area contributed by atoms with E-state index in [9.17, 15) is 9.90 Å². The van der Waals surface area contributed by atoms with Gasteiger partial charge in [0.2, 0.25) is 0 Å². The molecule has 1 rings (SSSR count). The summed E-state index contributed by atoms with van der Waals surface area (Å²) in [7, 11) is 1.66. The molecule has 0 amide bonds. The second-order valence-corrected chi connectivity index (χ2v) is 3.75. The molecule has 0 saturated carbocycles. The number of hydrogen-bond donors (Lipinski definition) is 1. The van der Waals surface area contributed by atoms with Gasteiger partial charge in [-0.05, 0) is 22.9 Å². The molecule has 0 saturated heterocycles. The normalized spacial score (nSPS) is 15.4. The fourth-order valence-corrected chi connectivity index (χ4v) is 1.92. The van der Waals surface area contributed by atoms with Gasteiger partial charge in [-0.3, -0.25) is 0 Å². The van der Waals surface area contributed by atoms with Crippen LogP contribution in [-0.2, 0) is 17.4 Å². The zero-order valence-corrected chi connectivity index (χ0v) is 8.95. The zero-order chi connectivity index (χ0) is 10.1. The van der Waals surface area contributed by atoms with Gasteiger partial charge in [-0.15, -0.1) is 5.10 Å². The van der Waals surface area contributed by atoms with Crippen molar-refractivity contribution >= 4 is 22.2 Å². The van der Waals surface area contributed by atoms with Gasteiger partial charge in [0.1, 0.15) is 17.6 Å². The highest BCUT2D eigenvalue weighted by Crippen LogP contribution is 2.27. The fourth-order valence-electron chi connectivity index (χ4n) is 1.16. The van der Waals surface area contributed by atoms with Gasteiger partial charge in [0.25, 0.3) is 0 Å². The van der Waals surface area contributed by atoms with Gasteiger partial charge in [0.05, 0.1) is 0 Å². The van der Waals surface area contributed by atoms with E-state index in [1.165, 1.54) is 4.68 Å². The summed E-state index contributed by atoms with van der Waals surface area (Å²) in [6, 6.07) is 0.